The predicted molar refractivity (Wildman–Crippen MR) is 254 cm³/mol. The van der Waals surface area contributed by atoms with Crippen LogP contribution in [0, 0.1) is 0 Å². The average molecular weight is 807 g/mol. The van der Waals surface area contributed by atoms with E-state index in [1.165, 1.54) is 54.3 Å². The molecular formula is C54H38N4S2. The summed E-state index contributed by atoms with van der Waals surface area (Å²) in [6.45, 7) is 0. The molecule has 10 aromatic rings. The third kappa shape index (κ3) is 7.77. The van der Waals surface area contributed by atoms with Crippen LogP contribution < -0.4 is 9.80 Å². The SMILES string of the molecule is c1ccc(-c2ccc(N(c3cccnc3)c3ccc(-c4ccc(-c5ccc(-c6ccc(N(c7ccc(-c8ccccc8)cc7)c7cccnc7)s6)cc5)cc4)s3)cc2)cc1. The van der Waals surface area contributed by atoms with E-state index < -0.39 is 0 Å². The van der Waals surface area contributed by atoms with Crippen molar-refractivity contribution >= 4 is 55.4 Å². The summed E-state index contributed by atoms with van der Waals surface area (Å²) in [7, 11) is 0. The van der Waals surface area contributed by atoms with Crippen molar-refractivity contribution in [3.05, 3.63) is 231 Å². The van der Waals surface area contributed by atoms with Crippen LogP contribution in [0.5, 0.6) is 0 Å². The number of anilines is 6. The summed E-state index contributed by atoms with van der Waals surface area (Å²) in [5.41, 5.74) is 13.8. The van der Waals surface area contributed by atoms with Gasteiger partial charge in [0.2, 0.25) is 0 Å². The maximum atomic E-state index is 4.45. The Kier molecular flexibility index (Phi) is 10.4. The van der Waals surface area contributed by atoms with Gasteiger partial charge in [0.05, 0.1) is 23.8 Å². The molecule has 4 nitrogen and oxygen atoms in total. The maximum absolute atomic E-state index is 4.45. The van der Waals surface area contributed by atoms with Crippen molar-refractivity contribution < 1.29 is 0 Å². The molecule has 0 aliphatic heterocycles. The summed E-state index contributed by atoms with van der Waals surface area (Å²) in [6, 6.07) is 73.4. The van der Waals surface area contributed by atoms with Gasteiger partial charge in [-0.05, 0) is 117 Å². The highest BCUT2D eigenvalue weighted by Crippen LogP contribution is 2.44. The molecule has 6 aromatic carbocycles. The van der Waals surface area contributed by atoms with E-state index in [9.17, 15) is 0 Å². The Bertz CT molecular complexity index is 2720. The molecule has 4 aromatic heterocycles. The van der Waals surface area contributed by atoms with Crippen LogP contribution in [0.25, 0.3) is 54.3 Å². The quantitative estimate of drug-likeness (QED) is 0.130. The maximum Gasteiger partial charge on any atom is 0.101 e. The number of thiophene rings is 2. The van der Waals surface area contributed by atoms with Crippen molar-refractivity contribution in [1.82, 2.24) is 9.97 Å². The highest BCUT2D eigenvalue weighted by Gasteiger charge is 2.18. The van der Waals surface area contributed by atoms with E-state index in [2.05, 4.69) is 214 Å². The second-order valence-electron chi connectivity index (χ2n) is 14.3. The van der Waals surface area contributed by atoms with Crippen molar-refractivity contribution in [2.75, 3.05) is 9.80 Å². The molecule has 6 heteroatoms. The monoisotopic (exact) mass is 806 g/mol. The zero-order valence-electron chi connectivity index (χ0n) is 32.5. The molecule has 0 aliphatic carbocycles. The number of aromatic nitrogens is 2. The molecule has 0 saturated heterocycles. The lowest BCUT2D eigenvalue weighted by Crippen LogP contribution is -2.08. The summed E-state index contributed by atoms with van der Waals surface area (Å²) in [5.74, 6) is 0. The third-order valence-electron chi connectivity index (χ3n) is 10.6. The van der Waals surface area contributed by atoms with E-state index in [1.807, 2.05) is 36.9 Å². The molecule has 0 saturated carbocycles. The van der Waals surface area contributed by atoms with E-state index in [0.717, 1.165) is 32.8 Å². The number of pyridine rings is 2. The van der Waals surface area contributed by atoms with Crippen LogP contribution in [0.2, 0.25) is 0 Å². The highest BCUT2D eigenvalue weighted by atomic mass is 32.1. The first-order valence-electron chi connectivity index (χ1n) is 19.9. The molecule has 4 heterocycles. The van der Waals surface area contributed by atoms with Gasteiger partial charge in [0, 0.05) is 33.5 Å². The third-order valence-corrected chi connectivity index (χ3v) is 12.8. The van der Waals surface area contributed by atoms with Crippen LogP contribution in [0.3, 0.4) is 0 Å². The molecular weight excluding hydrogens is 769 g/mol. The van der Waals surface area contributed by atoms with Gasteiger partial charge in [-0.1, -0.05) is 133 Å². The van der Waals surface area contributed by atoms with Crippen LogP contribution in [-0.2, 0) is 0 Å². The van der Waals surface area contributed by atoms with E-state index in [1.54, 1.807) is 22.7 Å². The fourth-order valence-corrected chi connectivity index (χ4v) is 9.61. The van der Waals surface area contributed by atoms with Crippen molar-refractivity contribution in [3.63, 3.8) is 0 Å². The van der Waals surface area contributed by atoms with Crippen LogP contribution in [0.1, 0.15) is 0 Å². The summed E-state index contributed by atoms with van der Waals surface area (Å²) >= 11 is 3.56. The first kappa shape index (κ1) is 36.9. The Balaban J connectivity index is 0.868. The van der Waals surface area contributed by atoms with E-state index in [0.29, 0.717) is 0 Å². The van der Waals surface area contributed by atoms with Gasteiger partial charge in [-0.25, -0.2) is 0 Å². The van der Waals surface area contributed by atoms with E-state index in [4.69, 9.17) is 0 Å². The largest absolute Gasteiger partial charge is 0.300 e. The Hall–Kier alpha value is -7.38. The average Bonchev–Trinajstić information content (AvgIpc) is 4.03. The summed E-state index contributed by atoms with van der Waals surface area (Å²) in [5, 5.41) is 2.26. The van der Waals surface area contributed by atoms with E-state index >= 15 is 0 Å². The number of benzene rings is 6. The van der Waals surface area contributed by atoms with Crippen molar-refractivity contribution in [3.8, 4) is 54.3 Å². The van der Waals surface area contributed by atoms with Gasteiger partial charge >= 0.3 is 0 Å². The smallest absolute Gasteiger partial charge is 0.101 e. The number of hydrogen-bond acceptors (Lipinski definition) is 6. The number of rotatable bonds is 11. The molecule has 10 rings (SSSR count). The molecule has 0 N–H and O–H groups in total. The second-order valence-corrected chi connectivity index (χ2v) is 16.5. The zero-order valence-corrected chi connectivity index (χ0v) is 34.2. The Labute approximate surface area is 358 Å². The summed E-state index contributed by atoms with van der Waals surface area (Å²) in [6.07, 6.45) is 7.48. The van der Waals surface area contributed by atoms with Gasteiger partial charge in [0.1, 0.15) is 10.0 Å². The Morgan fingerprint density at radius 3 is 0.950 bits per heavy atom. The molecule has 60 heavy (non-hydrogen) atoms. The van der Waals surface area contributed by atoms with Gasteiger partial charge in [0.15, 0.2) is 0 Å². The molecule has 0 spiro atoms. The van der Waals surface area contributed by atoms with Crippen molar-refractivity contribution in [2.24, 2.45) is 0 Å². The summed E-state index contributed by atoms with van der Waals surface area (Å²) in [4.78, 5) is 15.9. The van der Waals surface area contributed by atoms with E-state index in [-0.39, 0.29) is 0 Å². The minimum atomic E-state index is 1.02. The van der Waals surface area contributed by atoms with Crippen LogP contribution >= 0.6 is 22.7 Å². The number of nitrogens with zero attached hydrogens (tertiary/aromatic N) is 4. The Morgan fingerprint density at radius 2 is 0.600 bits per heavy atom. The van der Waals surface area contributed by atoms with Crippen molar-refractivity contribution in [2.45, 2.75) is 0 Å². The predicted octanol–water partition coefficient (Wildman–Crippen LogP) is 15.9. The molecule has 286 valence electrons. The van der Waals surface area contributed by atoms with Gasteiger partial charge in [-0.2, -0.15) is 0 Å². The molecule has 0 amide bonds. The normalized spacial score (nSPS) is 11.0. The molecule has 0 unspecified atom stereocenters. The second kappa shape index (κ2) is 16.8. The topological polar surface area (TPSA) is 32.3 Å². The molecule has 0 bridgehead atoms. The molecule has 0 radical (unpaired) electrons. The van der Waals surface area contributed by atoms with Crippen LogP contribution in [-0.4, -0.2) is 9.97 Å². The number of hydrogen-bond donors (Lipinski definition) is 0. The lowest BCUT2D eigenvalue weighted by molar-refractivity contribution is 1.25. The molecule has 0 aliphatic rings. The first-order chi connectivity index (χ1) is 29.7. The van der Waals surface area contributed by atoms with Gasteiger partial charge < -0.3 is 9.80 Å². The fourth-order valence-electron chi connectivity index (χ4n) is 7.51. The van der Waals surface area contributed by atoms with Crippen molar-refractivity contribution in [1.29, 1.82) is 0 Å². The molecule has 0 fully saturated rings. The van der Waals surface area contributed by atoms with Gasteiger partial charge in [0.25, 0.3) is 0 Å². The first-order valence-corrected chi connectivity index (χ1v) is 21.5. The fraction of sp³-hybridized carbons (Fsp3) is 0. The minimum absolute atomic E-state index is 1.02. The lowest BCUT2D eigenvalue weighted by atomic mass is 10.0. The zero-order chi connectivity index (χ0) is 40.1. The van der Waals surface area contributed by atoms with Crippen LogP contribution in [0.15, 0.2) is 231 Å². The van der Waals surface area contributed by atoms with Gasteiger partial charge in [-0.15, -0.1) is 22.7 Å². The Morgan fingerprint density at radius 1 is 0.267 bits per heavy atom. The standard InChI is InChI=1S/C54H38N4S2/c1-3-9-39(10-4-1)43-23-27-47(28-24-43)57(49-13-7-35-55-37-49)53-33-31-51(59-53)45-19-15-41(16-20-45)42-17-21-46(22-18-42)52-32-34-54(60-52)58(50-14-8-36-56-38-50)48-29-25-44(26-30-48)40-11-5-2-6-12-40/h1-38H. The lowest BCUT2D eigenvalue weighted by Gasteiger charge is -2.23. The summed E-state index contributed by atoms with van der Waals surface area (Å²) < 4.78 is 0. The highest BCUT2D eigenvalue weighted by molar-refractivity contribution is 7.19. The molecule has 0 atom stereocenters. The minimum Gasteiger partial charge on any atom is -0.300 e. The van der Waals surface area contributed by atoms with Gasteiger partial charge in [-0.3, -0.25) is 9.97 Å². The van der Waals surface area contributed by atoms with Crippen LogP contribution in [0.4, 0.5) is 32.8 Å².